The summed E-state index contributed by atoms with van der Waals surface area (Å²) in [6.45, 7) is 6.45. The standard InChI is InChI=1S/C22H22N4O2/c1-21(2,3)22(24-14-16-26(22)20(27)28)12-8-7-11-19-23-13-15-25(19)17-18-9-5-4-6-10-18/h4-6,9-10,13-16,24H,17H2,1-3H3,(H,27,28). The van der Waals surface area contributed by atoms with Gasteiger partial charge in [-0.3, -0.25) is 0 Å². The number of nitrogens with one attached hydrogen (secondary N) is 1. The molecule has 0 fully saturated rings. The highest BCUT2D eigenvalue weighted by atomic mass is 16.4. The first kappa shape index (κ1) is 19.1. The quantitative estimate of drug-likeness (QED) is 0.793. The Hall–Kier alpha value is -3.64. The van der Waals surface area contributed by atoms with Crippen LogP contribution in [0.5, 0.6) is 0 Å². The summed E-state index contributed by atoms with van der Waals surface area (Å²) in [7, 11) is 0. The van der Waals surface area contributed by atoms with E-state index >= 15 is 0 Å². The van der Waals surface area contributed by atoms with Crippen LogP contribution in [0.15, 0.2) is 55.1 Å². The molecule has 6 nitrogen and oxygen atoms in total. The Morgan fingerprint density at radius 1 is 1.25 bits per heavy atom. The number of amides is 1. The lowest BCUT2D eigenvalue weighted by Gasteiger charge is -2.42. The van der Waals surface area contributed by atoms with Gasteiger partial charge in [0, 0.05) is 36.8 Å². The number of nitrogens with zero attached hydrogens (tertiary/aromatic N) is 3. The topological polar surface area (TPSA) is 70.4 Å². The molecule has 3 rings (SSSR count). The molecule has 142 valence electrons. The zero-order valence-electron chi connectivity index (χ0n) is 16.1. The molecule has 2 aromatic rings. The normalized spacial score (nSPS) is 17.9. The van der Waals surface area contributed by atoms with E-state index in [4.69, 9.17) is 0 Å². The minimum atomic E-state index is -1.08. The average molecular weight is 374 g/mol. The third-order valence-corrected chi connectivity index (χ3v) is 4.56. The fourth-order valence-electron chi connectivity index (χ4n) is 3.03. The van der Waals surface area contributed by atoms with Gasteiger partial charge in [0.1, 0.15) is 0 Å². The molecule has 0 aliphatic carbocycles. The summed E-state index contributed by atoms with van der Waals surface area (Å²) in [4.78, 5) is 17.1. The van der Waals surface area contributed by atoms with Crippen molar-refractivity contribution in [2.45, 2.75) is 33.0 Å². The van der Waals surface area contributed by atoms with Crippen molar-refractivity contribution >= 4 is 6.09 Å². The van der Waals surface area contributed by atoms with Crippen LogP contribution in [-0.2, 0) is 6.54 Å². The number of carboxylic acid groups (broad SMARTS) is 1. The molecule has 1 aliphatic rings. The van der Waals surface area contributed by atoms with Gasteiger partial charge in [0.05, 0.1) is 0 Å². The Morgan fingerprint density at radius 3 is 2.68 bits per heavy atom. The summed E-state index contributed by atoms with van der Waals surface area (Å²) in [5, 5.41) is 12.6. The van der Waals surface area contributed by atoms with E-state index < -0.39 is 17.2 Å². The van der Waals surface area contributed by atoms with Crippen LogP contribution in [0.3, 0.4) is 0 Å². The summed E-state index contributed by atoms with van der Waals surface area (Å²) in [5.74, 6) is 12.2. The molecule has 6 heteroatoms. The molecular formula is C22H22N4O2. The van der Waals surface area contributed by atoms with Crippen molar-refractivity contribution in [3.63, 3.8) is 0 Å². The van der Waals surface area contributed by atoms with Gasteiger partial charge in [-0.15, -0.1) is 0 Å². The Bertz CT molecular complexity index is 1010. The molecular weight excluding hydrogens is 352 g/mol. The molecule has 2 heterocycles. The summed E-state index contributed by atoms with van der Waals surface area (Å²) in [6, 6.07) is 10.1. The average Bonchev–Trinajstić information content (AvgIpc) is 3.27. The Morgan fingerprint density at radius 2 is 2.00 bits per heavy atom. The van der Waals surface area contributed by atoms with Crippen molar-refractivity contribution < 1.29 is 9.90 Å². The Kier molecular flexibility index (Phi) is 5.15. The van der Waals surface area contributed by atoms with Gasteiger partial charge in [-0.2, -0.15) is 0 Å². The monoisotopic (exact) mass is 374 g/mol. The lowest BCUT2D eigenvalue weighted by atomic mass is 9.80. The number of imidazole rings is 1. The van der Waals surface area contributed by atoms with Gasteiger partial charge < -0.3 is 15.0 Å². The molecule has 0 saturated carbocycles. The highest BCUT2D eigenvalue weighted by Crippen LogP contribution is 2.36. The summed E-state index contributed by atoms with van der Waals surface area (Å²) in [6.07, 6.45) is 5.56. The van der Waals surface area contributed by atoms with Crippen molar-refractivity contribution in [1.82, 2.24) is 19.8 Å². The SMILES string of the molecule is CC(C)(C)C1(C#CC#Cc2nccn2Cc2ccccc2)NC=CN1C(=O)O. The van der Waals surface area contributed by atoms with Gasteiger partial charge in [0.25, 0.3) is 0 Å². The van der Waals surface area contributed by atoms with Gasteiger partial charge in [0.15, 0.2) is 11.5 Å². The van der Waals surface area contributed by atoms with E-state index in [0.717, 1.165) is 5.56 Å². The number of rotatable bonds is 2. The van der Waals surface area contributed by atoms with Crippen LogP contribution in [0, 0.1) is 29.1 Å². The maximum atomic E-state index is 11.6. The Labute approximate surface area is 164 Å². The lowest BCUT2D eigenvalue weighted by molar-refractivity contribution is 0.0704. The molecule has 0 radical (unpaired) electrons. The molecule has 2 N–H and O–H groups in total. The van der Waals surface area contributed by atoms with E-state index in [1.54, 1.807) is 12.4 Å². The number of carbonyl (C=O) groups is 1. The Balaban J connectivity index is 1.85. The molecule has 1 amide bonds. The van der Waals surface area contributed by atoms with Crippen molar-refractivity contribution in [1.29, 1.82) is 0 Å². The van der Waals surface area contributed by atoms with Crippen molar-refractivity contribution in [2.75, 3.05) is 0 Å². The first-order chi connectivity index (χ1) is 13.3. The number of aromatic nitrogens is 2. The smallest absolute Gasteiger partial charge is 0.414 e. The van der Waals surface area contributed by atoms with Crippen LogP contribution in [0.2, 0.25) is 0 Å². The zero-order chi connectivity index (χ0) is 20.2. The molecule has 0 spiro atoms. The second-order valence-electron chi connectivity index (χ2n) is 7.44. The third-order valence-electron chi connectivity index (χ3n) is 4.56. The highest BCUT2D eigenvalue weighted by molar-refractivity contribution is 5.70. The summed E-state index contributed by atoms with van der Waals surface area (Å²) >= 11 is 0. The molecule has 0 bridgehead atoms. The van der Waals surface area contributed by atoms with Crippen molar-refractivity contribution in [3.8, 4) is 23.7 Å². The molecule has 1 aromatic carbocycles. The van der Waals surface area contributed by atoms with E-state index in [9.17, 15) is 9.90 Å². The number of hydrogen-bond donors (Lipinski definition) is 2. The predicted molar refractivity (Wildman–Crippen MR) is 107 cm³/mol. The van der Waals surface area contributed by atoms with Crippen LogP contribution >= 0.6 is 0 Å². The van der Waals surface area contributed by atoms with Gasteiger partial charge in [-0.05, 0) is 29.2 Å². The first-order valence-corrected chi connectivity index (χ1v) is 8.88. The maximum absolute atomic E-state index is 11.6. The van der Waals surface area contributed by atoms with Gasteiger partial charge in [-0.25, -0.2) is 14.7 Å². The van der Waals surface area contributed by atoms with Crippen LogP contribution in [0.4, 0.5) is 4.79 Å². The zero-order valence-corrected chi connectivity index (χ0v) is 16.1. The van der Waals surface area contributed by atoms with Gasteiger partial charge >= 0.3 is 6.09 Å². The van der Waals surface area contributed by atoms with Gasteiger partial charge in [0.2, 0.25) is 0 Å². The van der Waals surface area contributed by atoms with Crippen molar-refractivity contribution in [3.05, 3.63) is 66.5 Å². The maximum Gasteiger partial charge on any atom is 0.414 e. The molecule has 1 unspecified atom stereocenters. The van der Waals surface area contributed by atoms with Crippen LogP contribution in [-0.4, -0.2) is 31.3 Å². The first-order valence-electron chi connectivity index (χ1n) is 8.88. The van der Waals surface area contributed by atoms with E-state index in [1.165, 1.54) is 11.1 Å². The molecule has 28 heavy (non-hydrogen) atoms. The minimum absolute atomic E-state index is 0.477. The number of hydrogen-bond acceptors (Lipinski definition) is 3. The molecule has 1 aromatic heterocycles. The minimum Gasteiger partial charge on any atom is -0.465 e. The highest BCUT2D eigenvalue weighted by Gasteiger charge is 2.49. The van der Waals surface area contributed by atoms with E-state index in [2.05, 4.69) is 34.0 Å². The van der Waals surface area contributed by atoms with Gasteiger partial charge in [-0.1, -0.05) is 51.1 Å². The second kappa shape index (κ2) is 7.54. The van der Waals surface area contributed by atoms with Crippen molar-refractivity contribution in [2.24, 2.45) is 5.41 Å². The molecule has 0 saturated heterocycles. The fraction of sp³-hybridized carbons (Fsp3) is 0.273. The summed E-state index contributed by atoms with van der Waals surface area (Å²) < 4.78 is 1.95. The fourth-order valence-corrected chi connectivity index (χ4v) is 3.03. The number of benzene rings is 1. The largest absolute Gasteiger partial charge is 0.465 e. The second-order valence-corrected chi connectivity index (χ2v) is 7.44. The van der Waals surface area contributed by atoms with Crippen LogP contribution < -0.4 is 5.32 Å². The summed E-state index contributed by atoms with van der Waals surface area (Å²) in [5.41, 5.74) is -0.401. The van der Waals surface area contributed by atoms with E-state index in [-0.39, 0.29) is 0 Å². The van der Waals surface area contributed by atoms with E-state index in [1.807, 2.05) is 61.9 Å². The molecule has 1 aliphatic heterocycles. The third kappa shape index (κ3) is 3.72. The predicted octanol–water partition coefficient (Wildman–Crippen LogP) is 3.08. The van der Waals surface area contributed by atoms with E-state index in [0.29, 0.717) is 12.4 Å². The molecule has 1 atom stereocenters. The lowest BCUT2D eigenvalue weighted by Crippen LogP contribution is -2.60. The van der Waals surface area contributed by atoms with Crippen LogP contribution in [0.1, 0.15) is 32.2 Å². The van der Waals surface area contributed by atoms with Crippen LogP contribution in [0.25, 0.3) is 0 Å².